The first-order chi connectivity index (χ1) is 9.60. The minimum Gasteiger partial charge on any atom is -0.391 e. The molecule has 2 rings (SSSR count). The molecule has 5 nitrogen and oxygen atoms in total. The molecule has 2 unspecified atom stereocenters. The van der Waals surface area contributed by atoms with E-state index >= 15 is 0 Å². The van der Waals surface area contributed by atoms with Crippen LogP contribution in [0.15, 0.2) is 18.2 Å². The summed E-state index contributed by atoms with van der Waals surface area (Å²) in [5.74, 6) is -0.532. The lowest BCUT2D eigenvalue weighted by Gasteiger charge is -2.28. The molecule has 20 heavy (non-hydrogen) atoms. The molecule has 0 heterocycles. The highest BCUT2D eigenvalue weighted by Crippen LogP contribution is 2.19. The summed E-state index contributed by atoms with van der Waals surface area (Å²) >= 11 is 0. The predicted octanol–water partition coefficient (Wildman–Crippen LogP) is 2.12. The van der Waals surface area contributed by atoms with Crippen molar-refractivity contribution in [2.45, 2.75) is 37.8 Å². The van der Waals surface area contributed by atoms with Gasteiger partial charge in [-0.25, -0.2) is 9.18 Å². The van der Waals surface area contributed by atoms with Gasteiger partial charge in [0, 0.05) is 0 Å². The zero-order valence-corrected chi connectivity index (χ0v) is 10.9. The van der Waals surface area contributed by atoms with E-state index in [1.807, 2.05) is 6.07 Å². The summed E-state index contributed by atoms with van der Waals surface area (Å²) in [6, 6.07) is 4.61. The Morgan fingerprint density at radius 3 is 2.85 bits per heavy atom. The number of hydrogen-bond acceptors (Lipinski definition) is 3. The molecule has 2 atom stereocenters. The third-order valence-corrected chi connectivity index (χ3v) is 3.40. The maximum absolute atomic E-state index is 13.0. The first-order valence-electron chi connectivity index (χ1n) is 6.55. The smallest absolute Gasteiger partial charge is 0.319 e. The molecule has 106 valence electrons. The summed E-state index contributed by atoms with van der Waals surface area (Å²) in [5.41, 5.74) is 0.307. The number of nitrogens with one attached hydrogen (secondary N) is 2. The van der Waals surface area contributed by atoms with Gasteiger partial charge in [0.1, 0.15) is 11.9 Å². The molecule has 1 aliphatic rings. The van der Waals surface area contributed by atoms with Crippen molar-refractivity contribution in [1.82, 2.24) is 5.32 Å². The van der Waals surface area contributed by atoms with Gasteiger partial charge < -0.3 is 15.7 Å². The summed E-state index contributed by atoms with van der Waals surface area (Å²) in [6.07, 6.45) is 2.77. The molecule has 1 aromatic rings. The number of carbonyl (C=O) groups is 1. The highest BCUT2D eigenvalue weighted by atomic mass is 19.1. The van der Waals surface area contributed by atoms with Crippen molar-refractivity contribution in [2.75, 3.05) is 5.32 Å². The van der Waals surface area contributed by atoms with Gasteiger partial charge in [-0.05, 0) is 31.0 Å². The Labute approximate surface area is 116 Å². The molecular weight excluding hydrogens is 261 g/mol. The van der Waals surface area contributed by atoms with Gasteiger partial charge in [0.15, 0.2) is 0 Å². The van der Waals surface area contributed by atoms with E-state index in [2.05, 4.69) is 10.6 Å². The normalized spacial score (nSPS) is 21.9. The number of nitriles is 1. The molecule has 3 N–H and O–H groups in total. The highest BCUT2D eigenvalue weighted by molar-refractivity contribution is 5.90. The van der Waals surface area contributed by atoms with Gasteiger partial charge in [-0.1, -0.05) is 12.8 Å². The number of aliphatic hydroxyl groups is 1. The van der Waals surface area contributed by atoms with Crippen LogP contribution in [0.4, 0.5) is 14.9 Å². The van der Waals surface area contributed by atoms with E-state index in [1.165, 1.54) is 12.1 Å². The Morgan fingerprint density at radius 1 is 1.40 bits per heavy atom. The maximum atomic E-state index is 13.0. The Bertz CT molecular complexity index is 542. The number of nitrogens with zero attached hydrogens (tertiary/aromatic N) is 1. The minimum atomic E-state index is -0.543. The van der Waals surface area contributed by atoms with Crippen LogP contribution < -0.4 is 10.6 Å². The molecule has 1 aliphatic carbocycles. The molecule has 0 spiro atoms. The average Bonchev–Trinajstić information content (AvgIpc) is 2.43. The molecule has 0 aliphatic heterocycles. The van der Waals surface area contributed by atoms with E-state index in [0.29, 0.717) is 6.42 Å². The third kappa shape index (κ3) is 3.45. The molecule has 1 fully saturated rings. The Morgan fingerprint density at radius 2 is 2.15 bits per heavy atom. The molecule has 0 saturated heterocycles. The van der Waals surface area contributed by atoms with Gasteiger partial charge in [-0.2, -0.15) is 5.26 Å². The van der Waals surface area contributed by atoms with E-state index in [1.54, 1.807) is 0 Å². The summed E-state index contributed by atoms with van der Waals surface area (Å²) in [4.78, 5) is 11.8. The topological polar surface area (TPSA) is 85.2 Å². The lowest BCUT2D eigenvalue weighted by atomic mass is 9.93. The number of aliphatic hydroxyl groups excluding tert-OH is 1. The lowest BCUT2D eigenvalue weighted by Crippen LogP contribution is -2.46. The van der Waals surface area contributed by atoms with Crippen LogP contribution in [0.1, 0.15) is 31.2 Å². The van der Waals surface area contributed by atoms with Crippen molar-refractivity contribution in [3.05, 3.63) is 29.6 Å². The number of benzene rings is 1. The van der Waals surface area contributed by atoms with Crippen molar-refractivity contribution < 1.29 is 14.3 Å². The fraction of sp³-hybridized carbons (Fsp3) is 0.429. The number of anilines is 1. The standard InChI is InChI=1S/C14H16FN3O2/c15-10-5-6-11(9(7-10)8-16)17-14(20)18-12-3-1-2-4-13(12)19/h5-7,12-13,19H,1-4H2,(H2,17,18,20). The van der Waals surface area contributed by atoms with Gasteiger partial charge in [0.25, 0.3) is 0 Å². The molecule has 1 aromatic carbocycles. The Balaban J connectivity index is 1.99. The summed E-state index contributed by atoms with van der Waals surface area (Å²) < 4.78 is 13.0. The van der Waals surface area contributed by atoms with Gasteiger partial charge in [-0.15, -0.1) is 0 Å². The van der Waals surface area contributed by atoms with Crippen LogP contribution in [0, 0.1) is 17.1 Å². The van der Waals surface area contributed by atoms with E-state index in [9.17, 15) is 14.3 Å². The molecule has 2 amide bonds. The SMILES string of the molecule is N#Cc1cc(F)ccc1NC(=O)NC1CCCCC1O. The van der Waals surface area contributed by atoms with Gasteiger partial charge >= 0.3 is 6.03 Å². The van der Waals surface area contributed by atoms with E-state index < -0.39 is 18.0 Å². The fourth-order valence-electron chi connectivity index (χ4n) is 2.32. The molecule has 0 bridgehead atoms. The van der Waals surface area contributed by atoms with Gasteiger partial charge in [0.2, 0.25) is 0 Å². The van der Waals surface area contributed by atoms with E-state index in [-0.39, 0.29) is 17.3 Å². The summed E-state index contributed by atoms with van der Waals surface area (Å²) in [5, 5.41) is 23.9. The van der Waals surface area contributed by atoms with Crippen LogP contribution in [0.2, 0.25) is 0 Å². The largest absolute Gasteiger partial charge is 0.391 e. The summed E-state index contributed by atoms with van der Waals surface area (Å²) in [7, 11) is 0. The van der Waals surface area contributed by atoms with Crippen molar-refractivity contribution in [1.29, 1.82) is 5.26 Å². The van der Waals surface area contributed by atoms with Gasteiger partial charge in [-0.3, -0.25) is 0 Å². The van der Waals surface area contributed by atoms with Crippen LogP contribution in [0.25, 0.3) is 0 Å². The van der Waals surface area contributed by atoms with Crippen LogP contribution >= 0.6 is 0 Å². The second-order valence-corrected chi connectivity index (χ2v) is 4.86. The number of carbonyl (C=O) groups excluding carboxylic acids is 1. The number of halogens is 1. The van der Waals surface area contributed by atoms with E-state index in [0.717, 1.165) is 25.3 Å². The monoisotopic (exact) mass is 277 g/mol. The van der Waals surface area contributed by atoms with Gasteiger partial charge in [0.05, 0.1) is 23.4 Å². The fourth-order valence-corrected chi connectivity index (χ4v) is 2.32. The molecule has 6 heteroatoms. The number of hydrogen-bond donors (Lipinski definition) is 3. The first-order valence-corrected chi connectivity index (χ1v) is 6.55. The van der Waals surface area contributed by atoms with E-state index in [4.69, 9.17) is 5.26 Å². The first kappa shape index (κ1) is 14.3. The Kier molecular flexibility index (Phi) is 4.53. The number of urea groups is 1. The zero-order chi connectivity index (χ0) is 14.5. The van der Waals surface area contributed by atoms with Crippen molar-refractivity contribution in [3.63, 3.8) is 0 Å². The van der Waals surface area contributed by atoms with Crippen molar-refractivity contribution >= 4 is 11.7 Å². The van der Waals surface area contributed by atoms with Crippen LogP contribution in [-0.2, 0) is 0 Å². The number of amides is 2. The Hall–Kier alpha value is -2.13. The predicted molar refractivity (Wildman–Crippen MR) is 71.5 cm³/mol. The second-order valence-electron chi connectivity index (χ2n) is 4.86. The quantitative estimate of drug-likeness (QED) is 0.774. The molecule has 0 aromatic heterocycles. The molecular formula is C14H16FN3O2. The van der Waals surface area contributed by atoms with Crippen LogP contribution in [0.5, 0.6) is 0 Å². The van der Waals surface area contributed by atoms with Crippen molar-refractivity contribution in [3.8, 4) is 6.07 Å². The summed E-state index contributed by atoms with van der Waals surface area (Å²) in [6.45, 7) is 0. The maximum Gasteiger partial charge on any atom is 0.319 e. The zero-order valence-electron chi connectivity index (χ0n) is 10.9. The highest BCUT2D eigenvalue weighted by Gasteiger charge is 2.24. The van der Waals surface area contributed by atoms with Crippen molar-refractivity contribution in [2.24, 2.45) is 0 Å². The second kappa shape index (κ2) is 6.35. The van der Waals surface area contributed by atoms with Crippen LogP contribution in [-0.4, -0.2) is 23.3 Å². The molecule has 1 saturated carbocycles. The lowest BCUT2D eigenvalue weighted by molar-refractivity contribution is 0.0955. The number of rotatable bonds is 2. The molecule has 0 radical (unpaired) electrons. The third-order valence-electron chi connectivity index (χ3n) is 3.40. The minimum absolute atomic E-state index is 0.0596. The van der Waals surface area contributed by atoms with Crippen LogP contribution in [0.3, 0.4) is 0 Å². The average molecular weight is 277 g/mol.